The first kappa shape index (κ1) is 15.3. The minimum Gasteiger partial charge on any atom is -0.314 e. The number of likely N-dealkylation sites (N-methyl/N-ethyl adjacent to an activating group) is 2. The fourth-order valence-electron chi connectivity index (χ4n) is 3.26. The molecule has 1 aliphatic carbocycles. The summed E-state index contributed by atoms with van der Waals surface area (Å²) >= 11 is 0. The lowest BCUT2D eigenvalue weighted by Crippen LogP contribution is -2.45. The lowest BCUT2D eigenvalue weighted by atomic mass is 10.0. The normalized spacial score (nSPS) is 27.9. The quantitative estimate of drug-likeness (QED) is 0.727. The van der Waals surface area contributed by atoms with Crippen LogP contribution in [0, 0.1) is 5.92 Å². The molecule has 2 rings (SSSR count). The van der Waals surface area contributed by atoms with Gasteiger partial charge in [0.2, 0.25) is 0 Å². The molecule has 112 valence electrons. The predicted molar refractivity (Wildman–Crippen MR) is 82.5 cm³/mol. The number of likely N-dealkylation sites (tertiary alicyclic amines) is 1. The number of nitrogens with one attached hydrogen (secondary N) is 1. The van der Waals surface area contributed by atoms with E-state index in [9.17, 15) is 0 Å². The highest BCUT2D eigenvalue weighted by Gasteiger charge is 2.27. The maximum Gasteiger partial charge on any atom is 0.0223 e. The zero-order valence-electron chi connectivity index (χ0n) is 13.4. The lowest BCUT2D eigenvalue weighted by molar-refractivity contribution is 0.141. The van der Waals surface area contributed by atoms with Crippen LogP contribution in [-0.2, 0) is 0 Å². The average molecular weight is 267 g/mol. The molecule has 0 aromatic carbocycles. The molecule has 0 aromatic heterocycles. The van der Waals surface area contributed by atoms with Gasteiger partial charge in [-0.1, -0.05) is 13.8 Å². The predicted octanol–water partition coefficient (Wildman–Crippen LogP) is 2.18. The van der Waals surface area contributed by atoms with Gasteiger partial charge in [0.25, 0.3) is 0 Å². The van der Waals surface area contributed by atoms with Crippen LogP contribution < -0.4 is 5.32 Å². The first-order valence-electron chi connectivity index (χ1n) is 8.29. The van der Waals surface area contributed by atoms with Gasteiger partial charge in [-0.25, -0.2) is 0 Å². The fourth-order valence-corrected chi connectivity index (χ4v) is 3.26. The van der Waals surface area contributed by atoms with E-state index in [1.54, 1.807) is 0 Å². The van der Waals surface area contributed by atoms with Crippen molar-refractivity contribution in [2.24, 2.45) is 5.92 Å². The summed E-state index contributed by atoms with van der Waals surface area (Å²) < 4.78 is 0. The zero-order valence-corrected chi connectivity index (χ0v) is 13.4. The first-order valence-corrected chi connectivity index (χ1v) is 8.29. The van der Waals surface area contributed by atoms with Crippen LogP contribution >= 0.6 is 0 Å². The van der Waals surface area contributed by atoms with Crippen LogP contribution in [0.15, 0.2) is 0 Å². The van der Waals surface area contributed by atoms with E-state index in [1.807, 2.05) is 0 Å². The molecule has 0 amide bonds. The third-order valence-corrected chi connectivity index (χ3v) is 5.23. The Balaban J connectivity index is 1.72. The van der Waals surface area contributed by atoms with Crippen molar-refractivity contribution in [2.75, 3.05) is 33.2 Å². The largest absolute Gasteiger partial charge is 0.314 e. The van der Waals surface area contributed by atoms with E-state index in [2.05, 4.69) is 42.9 Å². The topological polar surface area (TPSA) is 18.5 Å². The first-order chi connectivity index (χ1) is 9.11. The maximum absolute atomic E-state index is 3.67. The molecule has 0 aromatic rings. The molecule has 3 atom stereocenters. The van der Waals surface area contributed by atoms with Crippen molar-refractivity contribution in [2.45, 2.75) is 64.6 Å². The summed E-state index contributed by atoms with van der Waals surface area (Å²) in [6.07, 6.45) is 5.56. The number of nitrogens with zero attached hydrogens (tertiary/aromatic N) is 2. The Morgan fingerprint density at radius 2 is 2.00 bits per heavy atom. The van der Waals surface area contributed by atoms with Gasteiger partial charge in [0.1, 0.15) is 0 Å². The Bertz CT molecular complexity index is 265. The highest BCUT2D eigenvalue weighted by Crippen LogP contribution is 2.21. The summed E-state index contributed by atoms with van der Waals surface area (Å²) in [6.45, 7) is 12.0. The van der Waals surface area contributed by atoms with E-state index in [0.717, 1.165) is 18.0 Å². The van der Waals surface area contributed by atoms with Gasteiger partial charge < -0.3 is 10.2 Å². The molecular weight excluding hydrogens is 234 g/mol. The number of hydrogen-bond donors (Lipinski definition) is 1. The molecule has 3 unspecified atom stereocenters. The van der Waals surface area contributed by atoms with Crippen LogP contribution in [0.5, 0.6) is 0 Å². The van der Waals surface area contributed by atoms with E-state index < -0.39 is 0 Å². The fraction of sp³-hybridized carbons (Fsp3) is 1.00. The molecule has 1 saturated carbocycles. The second-order valence-corrected chi connectivity index (χ2v) is 6.76. The van der Waals surface area contributed by atoms with Crippen molar-refractivity contribution < 1.29 is 0 Å². The molecule has 0 bridgehead atoms. The van der Waals surface area contributed by atoms with Gasteiger partial charge in [-0.2, -0.15) is 0 Å². The third kappa shape index (κ3) is 4.44. The van der Waals surface area contributed by atoms with Crippen LogP contribution in [-0.4, -0.2) is 61.2 Å². The van der Waals surface area contributed by atoms with Crippen molar-refractivity contribution >= 4 is 0 Å². The smallest absolute Gasteiger partial charge is 0.0223 e. The van der Waals surface area contributed by atoms with Crippen molar-refractivity contribution in [1.82, 2.24) is 15.1 Å². The molecular formula is C16H33N3. The second-order valence-electron chi connectivity index (χ2n) is 6.76. The Hall–Kier alpha value is -0.120. The van der Waals surface area contributed by atoms with Gasteiger partial charge in [-0.3, -0.25) is 4.90 Å². The summed E-state index contributed by atoms with van der Waals surface area (Å²) in [6, 6.07) is 2.30. The summed E-state index contributed by atoms with van der Waals surface area (Å²) in [5, 5.41) is 3.67. The van der Waals surface area contributed by atoms with Gasteiger partial charge in [-0.05, 0) is 65.2 Å². The molecule has 3 nitrogen and oxygen atoms in total. The minimum absolute atomic E-state index is 0.672. The third-order valence-electron chi connectivity index (χ3n) is 5.23. The van der Waals surface area contributed by atoms with E-state index in [0.29, 0.717) is 6.04 Å². The molecule has 1 heterocycles. The number of rotatable bonds is 8. The van der Waals surface area contributed by atoms with Gasteiger partial charge in [0, 0.05) is 24.7 Å². The summed E-state index contributed by atoms with van der Waals surface area (Å²) in [4.78, 5) is 5.23. The Morgan fingerprint density at radius 1 is 1.26 bits per heavy atom. The Kier molecular flexibility index (Phi) is 5.67. The van der Waals surface area contributed by atoms with E-state index in [4.69, 9.17) is 0 Å². The van der Waals surface area contributed by atoms with E-state index in [-0.39, 0.29) is 0 Å². The van der Waals surface area contributed by atoms with Crippen LogP contribution in [0.3, 0.4) is 0 Å². The minimum atomic E-state index is 0.672. The van der Waals surface area contributed by atoms with Crippen molar-refractivity contribution in [1.29, 1.82) is 0 Å². The van der Waals surface area contributed by atoms with Crippen molar-refractivity contribution in [3.8, 4) is 0 Å². The van der Waals surface area contributed by atoms with Crippen LogP contribution in [0.4, 0.5) is 0 Å². The lowest BCUT2D eigenvalue weighted by Gasteiger charge is -2.34. The molecule has 19 heavy (non-hydrogen) atoms. The summed E-state index contributed by atoms with van der Waals surface area (Å²) in [7, 11) is 2.31. The summed E-state index contributed by atoms with van der Waals surface area (Å²) in [5.41, 5.74) is 0. The average Bonchev–Trinajstić information content (AvgIpc) is 3.14. The Labute approximate surface area is 119 Å². The van der Waals surface area contributed by atoms with Crippen LogP contribution in [0.1, 0.15) is 46.5 Å². The van der Waals surface area contributed by atoms with Crippen molar-refractivity contribution in [3.63, 3.8) is 0 Å². The molecule has 2 aliphatic rings. The Morgan fingerprint density at radius 3 is 2.63 bits per heavy atom. The van der Waals surface area contributed by atoms with E-state index >= 15 is 0 Å². The monoisotopic (exact) mass is 267 g/mol. The van der Waals surface area contributed by atoms with Gasteiger partial charge >= 0.3 is 0 Å². The zero-order chi connectivity index (χ0) is 13.8. The number of hydrogen-bond acceptors (Lipinski definition) is 3. The van der Waals surface area contributed by atoms with Crippen LogP contribution in [0.2, 0.25) is 0 Å². The maximum atomic E-state index is 3.67. The standard InChI is InChI=1S/C16H33N3/c1-5-19-10-6-7-16(19)12-18(4)14(3)13(2)11-17-15-8-9-15/h13-17H,5-12H2,1-4H3. The highest BCUT2D eigenvalue weighted by molar-refractivity contribution is 4.85. The van der Waals surface area contributed by atoms with Crippen molar-refractivity contribution in [3.05, 3.63) is 0 Å². The van der Waals surface area contributed by atoms with Gasteiger partial charge in [0.05, 0.1) is 0 Å². The molecule has 3 heteroatoms. The summed E-state index contributed by atoms with van der Waals surface area (Å²) in [5.74, 6) is 0.738. The van der Waals surface area contributed by atoms with E-state index in [1.165, 1.54) is 51.9 Å². The van der Waals surface area contributed by atoms with Gasteiger partial charge in [-0.15, -0.1) is 0 Å². The molecule has 0 radical (unpaired) electrons. The van der Waals surface area contributed by atoms with Gasteiger partial charge in [0.15, 0.2) is 0 Å². The molecule has 1 saturated heterocycles. The highest BCUT2D eigenvalue weighted by atomic mass is 15.2. The molecule has 2 fully saturated rings. The molecule has 1 N–H and O–H groups in total. The SMILES string of the molecule is CCN1CCCC1CN(C)C(C)C(C)CNC1CC1. The molecule has 0 spiro atoms. The molecule has 1 aliphatic heterocycles. The van der Waals surface area contributed by atoms with Crippen LogP contribution in [0.25, 0.3) is 0 Å². The second kappa shape index (κ2) is 7.05.